The van der Waals surface area contributed by atoms with Crippen LogP contribution in [0.25, 0.3) is 0 Å². The highest BCUT2D eigenvalue weighted by Crippen LogP contribution is 2.14. The van der Waals surface area contributed by atoms with Crippen molar-refractivity contribution in [3.63, 3.8) is 0 Å². The van der Waals surface area contributed by atoms with Gasteiger partial charge in [-0.05, 0) is 25.3 Å². The summed E-state index contributed by atoms with van der Waals surface area (Å²) in [5.74, 6) is -0.470. The topological polar surface area (TPSA) is 94.2 Å². The second-order valence-corrected chi connectivity index (χ2v) is 6.66. The fourth-order valence-electron chi connectivity index (χ4n) is 2.92. The molecule has 1 fully saturated rings. The van der Waals surface area contributed by atoms with Crippen molar-refractivity contribution in [3.05, 3.63) is 35.9 Å². The van der Waals surface area contributed by atoms with Gasteiger partial charge >= 0.3 is 12.1 Å². The monoisotopic (exact) mass is 392 g/mol. The van der Waals surface area contributed by atoms with Crippen LogP contribution in [-0.2, 0) is 30.4 Å². The van der Waals surface area contributed by atoms with Gasteiger partial charge in [-0.1, -0.05) is 30.3 Å². The Morgan fingerprint density at radius 2 is 1.79 bits per heavy atom. The number of benzene rings is 1. The molecule has 1 atom stereocenters. The van der Waals surface area contributed by atoms with Gasteiger partial charge in [0.1, 0.15) is 19.3 Å². The molecule has 1 aromatic carbocycles. The standard InChI is InChI=1S/C20H28N2O6/c1-15(21-20(25)28-14-17-6-4-3-5-7-17)19(24)22-10-8-18(9-11-22)27-13-12-26-16(2)23/h3-7,15,18H,8-14H2,1-2H3,(H,21,25)/t15-/m0/s1. The first-order valence-corrected chi connectivity index (χ1v) is 9.46. The van der Waals surface area contributed by atoms with Gasteiger partial charge in [-0.25, -0.2) is 4.79 Å². The van der Waals surface area contributed by atoms with Crippen LogP contribution in [0, 0.1) is 0 Å². The number of hydrogen-bond acceptors (Lipinski definition) is 6. The van der Waals surface area contributed by atoms with Crippen LogP contribution in [0.4, 0.5) is 4.79 Å². The van der Waals surface area contributed by atoms with Crippen LogP contribution in [0.1, 0.15) is 32.3 Å². The molecule has 0 spiro atoms. The predicted octanol–water partition coefficient (Wildman–Crippen LogP) is 1.87. The molecule has 2 amide bonds. The molecule has 0 unspecified atom stereocenters. The van der Waals surface area contributed by atoms with Crippen molar-refractivity contribution in [1.29, 1.82) is 0 Å². The number of carbonyl (C=O) groups is 3. The van der Waals surface area contributed by atoms with E-state index in [1.807, 2.05) is 30.3 Å². The zero-order valence-corrected chi connectivity index (χ0v) is 16.4. The summed E-state index contributed by atoms with van der Waals surface area (Å²) in [4.78, 5) is 36.8. The molecule has 1 aromatic rings. The predicted molar refractivity (Wildman–Crippen MR) is 101 cm³/mol. The number of ether oxygens (including phenoxy) is 3. The van der Waals surface area contributed by atoms with E-state index in [2.05, 4.69) is 5.32 Å². The normalized spacial score (nSPS) is 15.6. The smallest absolute Gasteiger partial charge is 0.408 e. The van der Waals surface area contributed by atoms with Crippen molar-refractivity contribution < 1.29 is 28.6 Å². The lowest BCUT2D eigenvalue weighted by Crippen LogP contribution is -2.50. The molecular formula is C20H28N2O6. The van der Waals surface area contributed by atoms with Crippen molar-refractivity contribution >= 4 is 18.0 Å². The fraction of sp³-hybridized carbons (Fsp3) is 0.550. The zero-order valence-electron chi connectivity index (χ0n) is 16.4. The molecule has 8 nitrogen and oxygen atoms in total. The van der Waals surface area contributed by atoms with Crippen molar-refractivity contribution in [3.8, 4) is 0 Å². The molecule has 0 radical (unpaired) electrons. The summed E-state index contributed by atoms with van der Waals surface area (Å²) >= 11 is 0. The molecule has 1 heterocycles. The lowest BCUT2D eigenvalue weighted by atomic mass is 10.1. The Morgan fingerprint density at radius 1 is 1.11 bits per heavy atom. The van der Waals surface area contributed by atoms with Crippen LogP contribution in [0.3, 0.4) is 0 Å². The summed E-state index contributed by atoms with van der Waals surface area (Å²) < 4.78 is 15.6. The Hall–Kier alpha value is -2.61. The van der Waals surface area contributed by atoms with Gasteiger partial charge in [0.25, 0.3) is 0 Å². The molecule has 1 aliphatic rings. The third-order valence-corrected chi connectivity index (χ3v) is 4.41. The summed E-state index contributed by atoms with van der Waals surface area (Å²) in [6, 6.07) is 8.68. The highest BCUT2D eigenvalue weighted by atomic mass is 16.6. The first-order chi connectivity index (χ1) is 13.5. The number of carbonyl (C=O) groups excluding carboxylic acids is 3. The van der Waals surface area contributed by atoms with Gasteiger partial charge in [-0.2, -0.15) is 0 Å². The Labute approximate surface area is 165 Å². The summed E-state index contributed by atoms with van der Waals surface area (Å²) in [6.07, 6.45) is 0.834. The van der Waals surface area contributed by atoms with Crippen molar-refractivity contribution in [2.24, 2.45) is 0 Å². The van der Waals surface area contributed by atoms with E-state index in [-0.39, 0.29) is 31.2 Å². The molecule has 0 saturated carbocycles. The van der Waals surface area contributed by atoms with E-state index in [1.54, 1.807) is 11.8 Å². The minimum Gasteiger partial charge on any atom is -0.463 e. The van der Waals surface area contributed by atoms with E-state index >= 15 is 0 Å². The third-order valence-electron chi connectivity index (χ3n) is 4.41. The van der Waals surface area contributed by atoms with Gasteiger partial charge in [0.15, 0.2) is 0 Å². The Bertz CT molecular complexity index is 643. The maximum atomic E-state index is 12.5. The molecule has 1 aliphatic heterocycles. The summed E-state index contributed by atoms with van der Waals surface area (Å²) in [6.45, 7) is 4.86. The number of hydrogen-bond donors (Lipinski definition) is 1. The summed E-state index contributed by atoms with van der Waals surface area (Å²) in [5, 5.41) is 2.58. The Balaban J connectivity index is 1.65. The molecule has 1 N–H and O–H groups in total. The molecule has 2 rings (SSSR count). The maximum Gasteiger partial charge on any atom is 0.408 e. The second kappa shape index (κ2) is 11.3. The summed E-state index contributed by atoms with van der Waals surface area (Å²) in [7, 11) is 0. The molecule has 0 aromatic heterocycles. The van der Waals surface area contributed by atoms with E-state index in [0.29, 0.717) is 32.5 Å². The molecular weight excluding hydrogens is 364 g/mol. The van der Waals surface area contributed by atoms with Gasteiger partial charge in [0.2, 0.25) is 5.91 Å². The van der Waals surface area contributed by atoms with E-state index in [0.717, 1.165) is 5.56 Å². The lowest BCUT2D eigenvalue weighted by Gasteiger charge is -2.33. The highest BCUT2D eigenvalue weighted by molar-refractivity contribution is 5.85. The number of esters is 1. The molecule has 154 valence electrons. The fourth-order valence-corrected chi connectivity index (χ4v) is 2.92. The van der Waals surface area contributed by atoms with Gasteiger partial charge in [-0.3, -0.25) is 9.59 Å². The molecule has 1 saturated heterocycles. The number of alkyl carbamates (subject to hydrolysis) is 1. The van der Waals surface area contributed by atoms with Crippen LogP contribution >= 0.6 is 0 Å². The lowest BCUT2D eigenvalue weighted by molar-refractivity contribution is -0.144. The maximum absolute atomic E-state index is 12.5. The van der Waals surface area contributed by atoms with Crippen molar-refractivity contribution in [2.75, 3.05) is 26.3 Å². The van der Waals surface area contributed by atoms with Gasteiger partial charge in [0, 0.05) is 20.0 Å². The van der Waals surface area contributed by atoms with Crippen LogP contribution in [0.5, 0.6) is 0 Å². The van der Waals surface area contributed by atoms with E-state index in [9.17, 15) is 14.4 Å². The minimum absolute atomic E-state index is 0.0405. The molecule has 8 heteroatoms. The van der Waals surface area contributed by atoms with E-state index in [4.69, 9.17) is 14.2 Å². The third kappa shape index (κ3) is 7.56. The quantitative estimate of drug-likeness (QED) is 0.536. The number of likely N-dealkylation sites (tertiary alicyclic amines) is 1. The van der Waals surface area contributed by atoms with Crippen LogP contribution < -0.4 is 5.32 Å². The van der Waals surface area contributed by atoms with Crippen LogP contribution in [0.2, 0.25) is 0 Å². The number of amides is 2. The first kappa shape index (κ1) is 21.7. The number of piperidine rings is 1. The number of nitrogens with zero attached hydrogens (tertiary/aromatic N) is 1. The van der Waals surface area contributed by atoms with Crippen LogP contribution in [-0.4, -0.2) is 61.3 Å². The van der Waals surface area contributed by atoms with E-state index in [1.165, 1.54) is 6.92 Å². The van der Waals surface area contributed by atoms with Gasteiger partial charge in [0.05, 0.1) is 12.7 Å². The Morgan fingerprint density at radius 3 is 2.43 bits per heavy atom. The van der Waals surface area contributed by atoms with Gasteiger partial charge < -0.3 is 24.4 Å². The average molecular weight is 392 g/mol. The largest absolute Gasteiger partial charge is 0.463 e. The SMILES string of the molecule is CC(=O)OCCOC1CCN(C(=O)[C@H](C)NC(=O)OCc2ccccc2)CC1. The van der Waals surface area contributed by atoms with Crippen LogP contribution in [0.15, 0.2) is 30.3 Å². The van der Waals surface area contributed by atoms with Gasteiger partial charge in [-0.15, -0.1) is 0 Å². The molecule has 28 heavy (non-hydrogen) atoms. The molecule has 0 aliphatic carbocycles. The van der Waals surface area contributed by atoms with Crippen molar-refractivity contribution in [2.45, 2.75) is 45.4 Å². The summed E-state index contributed by atoms with van der Waals surface area (Å²) in [5.41, 5.74) is 0.882. The number of rotatable bonds is 8. The second-order valence-electron chi connectivity index (χ2n) is 6.66. The van der Waals surface area contributed by atoms with E-state index < -0.39 is 12.1 Å². The minimum atomic E-state index is -0.662. The number of nitrogens with one attached hydrogen (secondary N) is 1. The van der Waals surface area contributed by atoms with Crippen molar-refractivity contribution in [1.82, 2.24) is 10.2 Å². The highest BCUT2D eigenvalue weighted by Gasteiger charge is 2.27. The Kier molecular flexibility index (Phi) is 8.74. The first-order valence-electron chi connectivity index (χ1n) is 9.46. The average Bonchev–Trinajstić information content (AvgIpc) is 2.70. The molecule has 0 bridgehead atoms. The zero-order chi connectivity index (χ0) is 20.4.